The summed E-state index contributed by atoms with van der Waals surface area (Å²) in [7, 11) is 0. The summed E-state index contributed by atoms with van der Waals surface area (Å²) in [4.78, 5) is 25.8. The number of benzene rings is 1. The fraction of sp³-hybridized carbons (Fsp3) is 0.400. The number of furan rings is 1. The smallest absolute Gasteiger partial charge is 0.308 e. The average Bonchev–Trinajstić information content (AvgIpc) is 3.18. The molecule has 0 saturated heterocycles. The summed E-state index contributed by atoms with van der Waals surface area (Å²) in [6.07, 6.45) is 3.86. The van der Waals surface area contributed by atoms with Gasteiger partial charge in [-0.25, -0.2) is 0 Å². The lowest BCUT2D eigenvalue weighted by Crippen LogP contribution is -2.38. The second-order valence-electron chi connectivity index (χ2n) is 6.13. The standard InChI is InChI=1S/C20H25NO5/c1-3-25-10-5-9-21(13-15(2)20(23)24)19(22)17-7-4-6-16(12-17)18-8-11-26-14-18/h4,6-8,11-12,14-15H,3,5,9-10,13H2,1-2H3,(H,23,24). The Morgan fingerprint density at radius 1 is 1.27 bits per heavy atom. The summed E-state index contributed by atoms with van der Waals surface area (Å²) >= 11 is 0. The summed E-state index contributed by atoms with van der Waals surface area (Å²) < 4.78 is 10.4. The molecule has 0 fully saturated rings. The molecule has 1 atom stereocenters. The normalized spacial score (nSPS) is 11.9. The SMILES string of the molecule is CCOCCCN(CC(C)C(=O)O)C(=O)c1cccc(-c2ccoc2)c1. The molecule has 1 aromatic carbocycles. The first-order valence-electron chi connectivity index (χ1n) is 8.75. The van der Waals surface area contributed by atoms with Gasteiger partial charge in [0.15, 0.2) is 0 Å². The zero-order valence-corrected chi connectivity index (χ0v) is 15.2. The Bertz CT molecular complexity index is 711. The van der Waals surface area contributed by atoms with Gasteiger partial charge in [-0.15, -0.1) is 0 Å². The van der Waals surface area contributed by atoms with Gasteiger partial charge in [-0.2, -0.15) is 0 Å². The summed E-state index contributed by atoms with van der Waals surface area (Å²) in [6, 6.07) is 9.09. The van der Waals surface area contributed by atoms with E-state index >= 15 is 0 Å². The van der Waals surface area contributed by atoms with Crippen molar-refractivity contribution in [2.75, 3.05) is 26.3 Å². The molecule has 0 aliphatic rings. The molecule has 0 bridgehead atoms. The van der Waals surface area contributed by atoms with Crippen LogP contribution in [-0.2, 0) is 9.53 Å². The maximum atomic E-state index is 13.0. The Labute approximate surface area is 153 Å². The number of aliphatic carboxylic acids is 1. The lowest BCUT2D eigenvalue weighted by atomic mass is 10.0. The van der Waals surface area contributed by atoms with Crippen LogP contribution in [-0.4, -0.2) is 48.2 Å². The van der Waals surface area contributed by atoms with Crippen molar-refractivity contribution in [3.8, 4) is 11.1 Å². The first-order valence-corrected chi connectivity index (χ1v) is 8.75. The predicted molar refractivity (Wildman–Crippen MR) is 98.0 cm³/mol. The van der Waals surface area contributed by atoms with E-state index in [9.17, 15) is 14.7 Å². The highest BCUT2D eigenvalue weighted by Gasteiger charge is 2.21. The van der Waals surface area contributed by atoms with Gasteiger partial charge in [0.05, 0.1) is 18.4 Å². The number of carboxylic acid groups (broad SMARTS) is 1. The molecule has 140 valence electrons. The number of ether oxygens (including phenoxy) is 1. The van der Waals surface area contributed by atoms with Crippen LogP contribution in [0.2, 0.25) is 0 Å². The van der Waals surface area contributed by atoms with E-state index in [-0.39, 0.29) is 12.5 Å². The van der Waals surface area contributed by atoms with E-state index in [1.807, 2.05) is 25.1 Å². The van der Waals surface area contributed by atoms with Gasteiger partial charge in [0.25, 0.3) is 5.91 Å². The molecule has 1 N–H and O–H groups in total. The van der Waals surface area contributed by atoms with Crippen LogP contribution in [0.25, 0.3) is 11.1 Å². The summed E-state index contributed by atoms with van der Waals surface area (Å²) in [6.45, 7) is 5.29. The molecule has 0 saturated carbocycles. The van der Waals surface area contributed by atoms with Crippen LogP contribution in [0.5, 0.6) is 0 Å². The zero-order chi connectivity index (χ0) is 18.9. The van der Waals surface area contributed by atoms with Crippen molar-refractivity contribution in [2.24, 2.45) is 5.92 Å². The lowest BCUT2D eigenvalue weighted by molar-refractivity contribution is -0.141. The van der Waals surface area contributed by atoms with Gasteiger partial charge in [-0.3, -0.25) is 9.59 Å². The third-order valence-electron chi connectivity index (χ3n) is 4.09. The number of hydrogen-bond acceptors (Lipinski definition) is 4. The van der Waals surface area contributed by atoms with Gasteiger partial charge in [0.2, 0.25) is 0 Å². The van der Waals surface area contributed by atoms with Gasteiger partial charge in [0.1, 0.15) is 0 Å². The minimum Gasteiger partial charge on any atom is -0.481 e. The van der Waals surface area contributed by atoms with E-state index < -0.39 is 11.9 Å². The number of hydrogen-bond donors (Lipinski definition) is 1. The quantitative estimate of drug-likeness (QED) is 0.656. The molecular formula is C20H25NO5. The van der Waals surface area contributed by atoms with Crippen molar-refractivity contribution < 1.29 is 23.8 Å². The van der Waals surface area contributed by atoms with E-state index in [0.717, 1.165) is 11.1 Å². The van der Waals surface area contributed by atoms with Crippen LogP contribution in [0.15, 0.2) is 47.3 Å². The van der Waals surface area contributed by atoms with E-state index in [4.69, 9.17) is 9.15 Å². The number of carbonyl (C=O) groups excluding carboxylic acids is 1. The van der Waals surface area contributed by atoms with E-state index in [1.165, 1.54) is 0 Å². The molecular weight excluding hydrogens is 334 g/mol. The Morgan fingerprint density at radius 3 is 2.73 bits per heavy atom. The van der Waals surface area contributed by atoms with Crippen molar-refractivity contribution in [3.63, 3.8) is 0 Å². The third kappa shape index (κ3) is 5.46. The van der Waals surface area contributed by atoms with E-state index in [0.29, 0.717) is 31.7 Å². The number of amides is 1. The molecule has 6 heteroatoms. The zero-order valence-electron chi connectivity index (χ0n) is 15.2. The molecule has 0 aliphatic carbocycles. The van der Waals surface area contributed by atoms with Crippen LogP contribution in [0.3, 0.4) is 0 Å². The molecule has 6 nitrogen and oxygen atoms in total. The Balaban J connectivity index is 2.15. The van der Waals surface area contributed by atoms with Crippen LogP contribution in [0.4, 0.5) is 0 Å². The molecule has 0 radical (unpaired) electrons. The second-order valence-corrected chi connectivity index (χ2v) is 6.13. The highest BCUT2D eigenvalue weighted by Crippen LogP contribution is 2.21. The largest absolute Gasteiger partial charge is 0.481 e. The lowest BCUT2D eigenvalue weighted by Gasteiger charge is -2.25. The number of carbonyl (C=O) groups is 2. The van der Waals surface area contributed by atoms with E-state index in [1.54, 1.807) is 36.5 Å². The fourth-order valence-electron chi connectivity index (χ4n) is 2.63. The molecule has 1 unspecified atom stereocenters. The molecule has 2 rings (SSSR count). The van der Waals surface area contributed by atoms with Crippen LogP contribution in [0, 0.1) is 5.92 Å². The average molecular weight is 359 g/mol. The topological polar surface area (TPSA) is 80.0 Å². The molecule has 0 aliphatic heterocycles. The second kappa shape index (κ2) is 9.77. The van der Waals surface area contributed by atoms with Crippen molar-refractivity contribution in [1.29, 1.82) is 0 Å². The van der Waals surface area contributed by atoms with Crippen LogP contribution < -0.4 is 0 Å². The molecule has 1 amide bonds. The first-order chi connectivity index (χ1) is 12.5. The predicted octanol–water partition coefficient (Wildman–Crippen LogP) is 3.54. The fourth-order valence-corrected chi connectivity index (χ4v) is 2.63. The van der Waals surface area contributed by atoms with E-state index in [2.05, 4.69) is 0 Å². The van der Waals surface area contributed by atoms with Crippen molar-refractivity contribution in [3.05, 3.63) is 48.4 Å². The van der Waals surface area contributed by atoms with Crippen molar-refractivity contribution in [1.82, 2.24) is 4.90 Å². The van der Waals surface area contributed by atoms with Gasteiger partial charge in [0, 0.05) is 37.4 Å². The number of rotatable bonds is 10. The van der Waals surface area contributed by atoms with Gasteiger partial charge in [-0.1, -0.05) is 19.1 Å². The molecule has 2 aromatic rings. The first kappa shape index (κ1) is 19.7. The minimum atomic E-state index is -0.917. The van der Waals surface area contributed by atoms with Gasteiger partial charge >= 0.3 is 5.97 Å². The molecule has 1 aromatic heterocycles. The third-order valence-corrected chi connectivity index (χ3v) is 4.09. The van der Waals surface area contributed by atoms with Gasteiger partial charge < -0.3 is 19.2 Å². The van der Waals surface area contributed by atoms with Crippen molar-refractivity contribution in [2.45, 2.75) is 20.3 Å². The Morgan fingerprint density at radius 2 is 2.08 bits per heavy atom. The summed E-state index contributed by atoms with van der Waals surface area (Å²) in [5, 5.41) is 9.19. The van der Waals surface area contributed by atoms with Crippen LogP contribution in [0.1, 0.15) is 30.6 Å². The van der Waals surface area contributed by atoms with Gasteiger partial charge in [-0.05, 0) is 37.1 Å². The monoisotopic (exact) mass is 359 g/mol. The maximum absolute atomic E-state index is 13.0. The molecule has 26 heavy (non-hydrogen) atoms. The minimum absolute atomic E-state index is 0.163. The highest BCUT2D eigenvalue weighted by atomic mass is 16.5. The highest BCUT2D eigenvalue weighted by molar-refractivity contribution is 5.95. The summed E-state index contributed by atoms with van der Waals surface area (Å²) in [5.74, 6) is -1.73. The van der Waals surface area contributed by atoms with Crippen LogP contribution >= 0.6 is 0 Å². The molecule has 1 heterocycles. The Hall–Kier alpha value is -2.60. The van der Waals surface area contributed by atoms with Crippen molar-refractivity contribution >= 4 is 11.9 Å². The number of carboxylic acids is 1. The molecule has 0 spiro atoms. The summed E-state index contributed by atoms with van der Waals surface area (Å²) in [5.41, 5.74) is 2.30. The number of nitrogens with zero attached hydrogens (tertiary/aromatic N) is 1. The Kier molecular flexibility index (Phi) is 7.41. The maximum Gasteiger partial charge on any atom is 0.308 e.